The number of nitrogens with two attached hydrogens (primary N) is 1. The van der Waals surface area contributed by atoms with Gasteiger partial charge in [0.25, 0.3) is 0 Å². The molecule has 0 bridgehead atoms. The zero-order chi connectivity index (χ0) is 11.1. The topological polar surface area (TPSA) is 44.5 Å². The Hall–Kier alpha value is -1.55. The molecule has 1 aromatic carbocycles. The highest BCUT2D eigenvalue weighted by Crippen LogP contribution is 2.17. The number of benzene rings is 1. The van der Waals surface area contributed by atoms with Crippen LogP contribution in [0.3, 0.4) is 0 Å². The average Bonchev–Trinajstić information content (AvgIpc) is 2.31. The van der Waals surface area contributed by atoms with Gasteiger partial charge in [0, 0.05) is 12.1 Å². The summed E-state index contributed by atoms with van der Waals surface area (Å²) in [5.41, 5.74) is 5.71. The predicted molar refractivity (Wildman–Crippen MR) is 56.7 cm³/mol. The minimum absolute atomic E-state index is 0.159. The lowest BCUT2D eigenvalue weighted by Gasteiger charge is -2.07. The van der Waals surface area contributed by atoms with Gasteiger partial charge in [-0.25, -0.2) is 4.39 Å². The molecule has 0 fully saturated rings. The second-order valence-electron chi connectivity index (χ2n) is 2.94. The number of hydrogen-bond donors (Lipinski definition) is 1. The molecule has 0 aliphatic carbocycles. The van der Waals surface area contributed by atoms with E-state index in [1.807, 2.05) is 0 Å². The lowest BCUT2D eigenvalue weighted by atomic mass is 10.3. The molecule has 15 heavy (non-hydrogen) atoms. The molecule has 0 unspecified atom stereocenters. The predicted octanol–water partition coefficient (Wildman–Crippen LogP) is 1.89. The Labute approximate surface area is 88.3 Å². The number of methoxy groups -OCH3 is 1. The third-order valence-corrected chi connectivity index (χ3v) is 1.90. The zero-order valence-electron chi connectivity index (χ0n) is 8.57. The van der Waals surface area contributed by atoms with Crippen molar-refractivity contribution in [1.82, 2.24) is 0 Å². The van der Waals surface area contributed by atoms with Crippen LogP contribution in [0.15, 0.2) is 36.2 Å². The number of halogens is 1. The monoisotopic (exact) mass is 211 g/mol. The summed E-state index contributed by atoms with van der Waals surface area (Å²) in [7, 11) is 1.59. The van der Waals surface area contributed by atoms with E-state index in [2.05, 4.69) is 0 Å². The summed E-state index contributed by atoms with van der Waals surface area (Å²) in [6.45, 7) is 0.325. The smallest absolute Gasteiger partial charge is 0.120 e. The van der Waals surface area contributed by atoms with Crippen LogP contribution in [0.25, 0.3) is 0 Å². The summed E-state index contributed by atoms with van der Waals surface area (Å²) in [4.78, 5) is 0. The van der Waals surface area contributed by atoms with Crippen LogP contribution in [0.1, 0.15) is 0 Å². The van der Waals surface area contributed by atoms with E-state index in [1.165, 1.54) is 0 Å². The van der Waals surface area contributed by atoms with E-state index >= 15 is 0 Å². The SMILES string of the molecule is COc1ccc(OCC(=CF)CN)cc1. The van der Waals surface area contributed by atoms with Crippen molar-refractivity contribution >= 4 is 0 Å². The molecule has 0 aromatic heterocycles. The van der Waals surface area contributed by atoms with Crippen LogP contribution in [0.4, 0.5) is 4.39 Å². The largest absolute Gasteiger partial charge is 0.497 e. The van der Waals surface area contributed by atoms with Gasteiger partial charge in [0.1, 0.15) is 18.1 Å². The van der Waals surface area contributed by atoms with Crippen LogP contribution in [0, 0.1) is 0 Å². The minimum Gasteiger partial charge on any atom is -0.497 e. The first-order chi connectivity index (χ1) is 7.30. The lowest BCUT2D eigenvalue weighted by molar-refractivity contribution is 0.346. The highest BCUT2D eigenvalue weighted by atomic mass is 19.1. The van der Waals surface area contributed by atoms with Crippen LogP contribution >= 0.6 is 0 Å². The first kappa shape index (κ1) is 11.5. The molecule has 3 nitrogen and oxygen atoms in total. The van der Waals surface area contributed by atoms with Gasteiger partial charge in [-0.1, -0.05) is 0 Å². The Morgan fingerprint density at radius 3 is 2.40 bits per heavy atom. The van der Waals surface area contributed by atoms with Crippen molar-refractivity contribution < 1.29 is 13.9 Å². The lowest BCUT2D eigenvalue weighted by Crippen LogP contribution is -2.10. The standard InChI is InChI=1S/C11H14FNO2/c1-14-10-2-4-11(5-3-10)15-8-9(6-12)7-13/h2-6H,7-8,13H2,1H3. The average molecular weight is 211 g/mol. The molecular formula is C11H14FNO2. The normalized spacial score (nSPS) is 11.3. The van der Waals surface area contributed by atoms with Crippen LogP contribution in [0.2, 0.25) is 0 Å². The number of ether oxygens (including phenoxy) is 2. The fourth-order valence-corrected chi connectivity index (χ4v) is 0.983. The fraction of sp³-hybridized carbons (Fsp3) is 0.273. The molecule has 2 N–H and O–H groups in total. The van der Waals surface area contributed by atoms with Crippen molar-refractivity contribution in [2.24, 2.45) is 5.73 Å². The van der Waals surface area contributed by atoms with Crippen molar-refractivity contribution in [2.75, 3.05) is 20.3 Å². The highest BCUT2D eigenvalue weighted by Gasteiger charge is 1.98. The van der Waals surface area contributed by atoms with Crippen molar-refractivity contribution in [3.63, 3.8) is 0 Å². The molecule has 4 heteroatoms. The van der Waals surface area contributed by atoms with Gasteiger partial charge in [-0.3, -0.25) is 0 Å². The molecule has 1 aromatic rings. The summed E-state index contributed by atoms with van der Waals surface area (Å²) in [6, 6.07) is 7.06. The molecule has 0 aliphatic heterocycles. The quantitative estimate of drug-likeness (QED) is 0.808. The van der Waals surface area contributed by atoms with Gasteiger partial charge < -0.3 is 15.2 Å². The summed E-state index contributed by atoms with van der Waals surface area (Å²) in [6.07, 6.45) is 0.476. The van der Waals surface area contributed by atoms with Gasteiger partial charge in [0.15, 0.2) is 0 Å². The maximum absolute atomic E-state index is 12.1. The van der Waals surface area contributed by atoms with Crippen LogP contribution in [-0.2, 0) is 0 Å². The molecule has 0 heterocycles. The maximum atomic E-state index is 12.1. The van der Waals surface area contributed by atoms with Crippen molar-refractivity contribution in [1.29, 1.82) is 0 Å². The molecular weight excluding hydrogens is 197 g/mol. The molecule has 0 saturated carbocycles. The Morgan fingerprint density at radius 2 is 1.93 bits per heavy atom. The Bertz CT molecular complexity index is 322. The highest BCUT2D eigenvalue weighted by molar-refractivity contribution is 5.31. The molecule has 82 valence electrons. The van der Waals surface area contributed by atoms with Crippen molar-refractivity contribution in [3.05, 3.63) is 36.2 Å². The van der Waals surface area contributed by atoms with Gasteiger partial charge in [-0.15, -0.1) is 0 Å². The van der Waals surface area contributed by atoms with E-state index in [-0.39, 0.29) is 13.2 Å². The summed E-state index contributed by atoms with van der Waals surface area (Å²) in [5, 5.41) is 0. The maximum Gasteiger partial charge on any atom is 0.120 e. The van der Waals surface area contributed by atoms with Gasteiger partial charge >= 0.3 is 0 Å². The molecule has 0 saturated heterocycles. The van der Waals surface area contributed by atoms with E-state index in [0.29, 0.717) is 17.7 Å². The van der Waals surface area contributed by atoms with Gasteiger partial charge in [0.05, 0.1) is 13.4 Å². The first-order valence-corrected chi connectivity index (χ1v) is 4.55. The summed E-state index contributed by atoms with van der Waals surface area (Å²) >= 11 is 0. The summed E-state index contributed by atoms with van der Waals surface area (Å²) in [5.74, 6) is 1.41. The fourth-order valence-electron chi connectivity index (χ4n) is 0.983. The molecule has 0 radical (unpaired) electrons. The number of hydrogen-bond acceptors (Lipinski definition) is 3. The van der Waals surface area contributed by atoms with Crippen molar-refractivity contribution in [2.45, 2.75) is 0 Å². The van der Waals surface area contributed by atoms with E-state index < -0.39 is 0 Å². The van der Waals surface area contributed by atoms with E-state index in [4.69, 9.17) is 15.2 Å². The number of rotatable bonds is 5. The first-order valence-electron chi connectivity index (χ1n) is 4.55. The van der Waals surface area contributed by atoms with Crippen LogP contribution in [0.5, 0.6) is 11.5 Å². The molecule has 0 aliphatic rings. The molecule has 0 atom stereocenters. The van der Waals surface area contributed by atoms with E-state index in [0.717, 1.165) is 5.75 Å². The minimum atomic E-state index is 0.159. The van der Waals surface area contributed by atoms with Gasteiger partial charge in [-0.05, 0) is 24.3 Å². The summed E-state index contributed by atoms with van der Waals surface area (Å²) < 4.78 is 22.4. The zero-order valence-corrected chi connectivity index (χ0v) is 8.57. The second-order valence-corrected chi connectivity index (χ2v) is 2.94. The third kappa shape index (κ3) is 3.59. The Kier molecular flexibility index (Phi) is 4.63. The van der Waals surface area contributed by atoms with E-state index in [1.54, 1.807) is 31.4 Å². The van der Waals surface area contributed by atoms with Gasteiger partial charge in [-0.2, -0.15) is 0 Å². The van der Waals surface area contributed by atoms with Crippen molar-refractivity contribution in [3.8, 4) is 11.5 Å². The second kappa shape index (κ2) is 6.03. The Balaban J connectivity index is 2.51. The molecule has 0 spiro atoms. The molecule has 0 amide bonds. The van der Waals surface area contributed by atoms with Gasteiger partial charge in [0.2, 0.25) is 0 Å². The van der Waals surface area contributed by atoms with Crippen LogP contribution in [-0.4, -0.2) is 20.3 Å². The van der Waals surface area contributed by atoms with Crippen LogP contribution < -0.4 is 15.2 Å². The Morgan fingerprint density at radius 1 is 1.33 bits per heavy atom. The molecule has 1 rings (SSSR count). The third-order valence-electron chi connectivity index (χ3n) is 1.90. The van der Waals surface area contributed by atoms with E-state index in [9.17, 15) is 4.39 Å².